The summed E-state index contributed by atoms with van der Waals surface area (Å²) in [7, 11) is 0. The molecule has 98 valence electrons. The van der Waals surface area contributed by atoms with Gasteiger partial charge in [-0.25, -0.2) is 14.7 Å². The molecule has 1 aromatic heterocycles. The van der Waals surface area contributed by atoms with Gasteiger partial charge in [0, 0.05) is 10.2 Å². The van der Waals surface area contributed by atoms with E-state index in [1.54, 1.807) is 6.07 Å². The molecule has 1 heterocycles. The fourth-order valence-corrected chi connectivity index (χ4v) is 1.75. The molecule has 1 aromatic carbocycles. The third kappa shape index (κ3) is 2.88. The number of hydrogen-bond donors (Lipinski definition) is 4. The van der Waals surface area contributed by atoms with Crippen molar-refractivity contribution in [3.8, 4) is 0 Å². The Bertz CT molecular complexity index is 752. The highest BCUT2D eigenvalue weighted by Crippen LogP contribution is 2.22. The molecule has 0 saturated heterocycles. The number of carbonyl (C=O) groups is 1. The van der Waals surface area contributed by atoms with Crippen LogP contribution in [0.25, 0.3) is 0 Å². The number of hydrogen-bond acceptors (Lipinski definition) is 5. The van der Waals surface area contributed by atoms with Crippen LogP contribution in [0.2, 0.25) is 0 Å². The number of carboxylic acids is 1. The van der Waals surface area contributed by atoms with Crippen LogP contribution in [0.15, 0.2) is 32.3 Å². The molecule has 0 spiro atoms. The summed E-state index contributed by atoms with van der Waals surface area (Å²) in [4.78, 5) is 35.1. The van der Waals surface area contributed by atoms with Gasteiger partial charge >= 0.3 is 11.7 Å². The number of halogens is 1. The Hall–Kier alpha value is -2.42. The zero-order chi connectivity index (χ0) is 14.0. The largest absolute Gasteiger partial charge is 0.478 e. The third-order valence-corrected chi connectivity index (χ3v) is 2.86. The topological polar surface area (TPSA) is 128 Å². The summed E-state index contributed by atoms with van der Waals surface area (Å²) < 4.78 is 0.411. The molecule has 2 aromatic rings. The molecular formula is C10H7BrN4O4. The van der Waals surface area contributed by atoms with Crippen LogP contribution in [0.4, 0.5) is 11.5 Å². The minimum atomic E-state index is -1.11. The zero-order valence-electron chi connectivity index (χ0n) is 9.23. The van der Waals surface area contributed by atoms with Crippen molar-refractivity contribution in [3.63, 3.8) is 0 Å². The lowest BCUT2D eigenvalue weighted by Gasteiger charge is -2.06. The summed E-state index contributed by atoms with van der Waals surface area (Å²) in [5.74, 6) is -1.25. The number of nitrogens with zero attached hydrogens (tertiary/aromatic N) is 1. The van der Waals surface area contributed by atoms with E-state index >= 15 is 0 Å². The number of benzene rings is 1. The van der Waals surface area contributed by atoms with E-state index in [9.17, 15) is 14.4 Å². The Morgan fingerprint density at radius 2 is 2.11 bits per heavy atom. The van der Waals surface area contributed by atoms with Gasteiger partial charge in [-0.05, 0) is 34.1 Å². The smallest absolute Gasteiger partial charge is 0.342 e. The molecule has 0 fully saturated rings. The lowest BCUT2D eigenvalue weighted by atomic mass is 10.2. The van der Waals surface area contributed by atoms with Gasteiger partial charge in [-0.1, -0.05) is 0 Å². The maximum atomic E-state index is 11.4. The number of aromatic carboxylic acids is 1. The predicted molar refractivity (Wildman–Crippen MR) is 69.9 cm³/mol. The normalized spacial score (nSPS) is 10.2. The molecule has 0 saturated carbocycles. The van der Waals surface area contributed by atoms with Crippen molar-refractivity contribution in [2.75, 3.05) is 5.32 Å². The summed E-state index contributed by atoms with van der Waals surface area (Å²) in [5, 5.41) is 17.2. The van der Waals surface area contributed by atoms with Gasteiger partial charge in [0.2, 0.25) is 5.82 Å². The first kappa shape index (κ1) is 13.0. The SMILES string of the molecule is O=C(O)c1cc(Nc2n[nH]c(=O)[nH]c2=O)ccc1Br. The summed E-state index contributed by atoms with van der Waals surface area (Å²) in [6, 6.07) is 4.41. The second kappa shape index (κ2) is 5.06. The summed E-state index contributed by atoms with van der Waals surface area (Å²) in [6.07, 6.45) is 0. The highest BCUT2D eigenvalue weighted by atomic mass is 79.9. The van der Waals surface area contributed by atoms with E-state index < -0.39 is 17.2 Å². The Kier molecular flexibility index (Phi) is 3.47. The number of rotatable bonds is 3. The molecule has 0 unspecified atom stereocenters. The van der Waals surface area contributed by atoms with E-state index in [4.69, 9.17) is 5.11 Å². The van der Waals surface area contributed by atoms with Crippen molar-refractivity contribution in [3.05, 3.63) is 49.1 Å². The lowest BCUT2D eigenvalue weighted by molar-refractivity contribution is 0.0696. The molecule has 0 aliphatic heterocycles. The van der Waals surface area contributed by atoms with E-state index in [1.807, 2.05) is 4.98 Å². The quantitative estimate of drug-likeness (QED) is 0.656. The Morgan fingerprint density at radius 3 is 2.74 bits per heavy atom. The van der Waals surface area contributed by atoms with Crippen LogP contribution in [0.5, 0.6) is 0 Å². The average Bonchev–Trinajstić information content (AvgIpc) is 2.34. The van der Waals surface area contributed by atoms with Crippen LogP contribution in [-0.2, 0) is 0 Å². The van der Waals surface area contributed by atoms with Crippen LogP contribution in [0, 0.1) is 0 Å². The molecule has 9 heteroatoms. The minimum absolute atomic E-state index is 0.0332. The van der Waals surface area contributed by atoms with Crippen molar-refractivity contribution in [2.45, 2.75) is 0 Å². The first-order valence-electron chi connectivity index (χ1n) is 4.96. The number of carboxylic acid groups (broad SMARTS) is 1. The van der Waals surface area contributed by atoms with Crippen LogP contribution >= 0.6 is 15.9 Å². The Balaban J connectivity index is 2.39. The average molecular weight is 327 g/mol. The molecule has 0 radical (unpaired) electrons. The van der Waals surface area contributed by atoms with Crippen molar-refractivity contribution >= 4 is 33.4 Å². The van der Waals surface area contributed by atoms with Gasteiger partial charge in [-0.2, -0.15) is 0 Å². The number of anilines is 2. The summed E-state index contributed by atoms with van der Waals surface area (Å²) in [6.45, 7) is 0. The second-order valence-electron chi connectivity index (χ2n) is 3.48. The molecule has 8 nitrogen and oxygen atoms in total. The molecule has 0 bridgehead atoms. The van der Waals surface area contributed by atoms with Gasteiger partial charge in [-0.3, -0.25) is 9.78 Å². The maximum Gasteiger partial charge on any atom is 0.342 e. The molecule has 0 aliphatic rings. The molecule has 0 amide bonds. The Morgan fingerprint density at radius 1 is 1.37 bits per heavy atom. The first-order valence-corrected chi connectivity index (χ1v) is 5.75. The van der Waals surface area contributed by atoms with Crippen LogP contribution in [0.3, 0.4) is 0 Å². The van der Waals surface area contributed by atoms with E-state index in [-0.39, 0.29) is 11.4 Å². The molecule has 2 rings (SSSR count). The molecule has 4 N–H and O–H groups in total. The van der Waals surface area contributed by atoms with Crippen LogP contribution < -0.4 is 16.6 Å². The van der Waals surface area contributed by atoms with Gasteiger partial charge in [0.25, 0.3) is 5.56 Å². The van der Waals surface area contributed by atoms with E-state index in [0.717, 1.165) is 0 Å². The predicted octanol–water partition coefficient (Wildman–Crippen LogP) is 0.662. The monoisotopic (exact) mass is 326 g/mol. The molecule has 0 atom stereocenters. The molecule has 19 heavy (non-hydrogen) atoms. The maximum absolute atomic E-state index is 11.4. The van der Waals surface area contributed by atoms with Crippen molar-refractivity contribution < 1.29 is 9.90 Å². The standard InChI is InChI=1S/C10H7BrN4O4/c11-6-2-1-4(3-5(6)9(17)18)12-7-8(16)13-10(19)15-14-7/h1-3H,(H,12,14)(H,17,18)(H2,13,15,16,19). The summed E-state index contributed by atoms with van der Waals surface area (Å²) in [5.41, 5.74) is -1.04. The van der Waals surface area contributed by atoms with Gasteiger partial charge in [0.1, 0.15) is 0 Å². The van der Waals surface area contributed by atoms with Crippen LogP contribution in [-0.4, -0.2) is 26.3 Å². The van der Waals surface area contributed by atoms with Gasteiger partial charge in [0.15, 0.2) is 0 Å². The van der Waals surface area contributed by atoms with Crippen LogP contribution in [0.1, 0.15) is 10.4 Å². The molecular weight excluding hydrogens is 320 g/mol. The highest BCUT2D eigenvalue weighted by molar-refractivity contribution is 9.10. The molecule has 0 aliphatic carbocycles. The van der Waals surface area contributed by atoms with Gasteiger partial charge in [0.05, 0.1) is 5.56 Å². The minimum Gasteiger partial charge on any atom is -0.478 e. The van der Waals surface area contributed by atoms with Gasteiger partial charge < -0.3 is 10.4 Å². The number of nitrogens with one attached hydrogen (secondary N) is 3. The van der Waals surface area contributed by atoms with Crippen molar-refractivity contribution in [1.82, 2.24) is 15.2 Å². The Labute approximate surface area is 113 Å². The third-order valence-electron chi connectivity index (χ3n) is 2.17. The van der Waals surface area contributed by atoms with E-state index in [0.29, 0.717) is 10.2 Å². The van der Waals surface area contributed by atoms with E-state index in [1.165, 1.54) is 12.1 Å². The van der Waals surface area contributed by atoms with Crippen molar-refractivity contribution in [1.29, 1.82) is 0 Å². The number of H-pyrrole nitrogens is 2. The first-order chi connectivity index (χ1) is 8.97. The zero-order valence-corrected chi connectivity index (χ0v) is 10.8. The fourth-order valence-electron chi connectivity index (χ4n) is 1.34. The second-order valence-corrected chi connectivity index (χ2v) is 4.33. The number of aromatic amines is 2. The van der Waals surface area contributed by atoms with Crippen molar-refractivity contribution in [2.24, 2.45) is 0 Å². The fraction of sp³-hybridized carbons (Fsp3) is 0. The van der Waals surface area contributed by atoms with E-state index in [2.05, 4.69) is 31.4 Å². The summed E-state index contributed by atoms with van der Waals surface area (Å²) >= 11 is 3.10. The van der Waals surface area contributed by atoms with Gasteiger partial charge in [-0.15, -0.1) is 5.10 Å². The number of aromatic nitrogens is 3. The lowest BCUT2D eigenvalue weighted by Crippen LogP contribution is -2.25. The highest BCUT2D eigenvalue weighted by Gasteiger charge is 2.10.